The van der Waals surface area contributed by atoms with Crippen LogP contribution >= 0.6 is 0 Å². The van der Waals surface area contributed by atoms with E-state index in [1.165, 1.54) is 0 Å². The van der Waals surface area contributed by atoms with Crippen LogP contribution in [0, 0.1) is 0 Å². The maximum atomic E-state index is 9.76. The van der Waals surface area contributed by atoms with Crippen LogP contribution in [0.2, 0.25) is 0 Å². The molecule has 0 rings (SSSR count). The molecule has 0 saturated heterocycles. The Balaban J connectivity index is 0. The highest BCUT2D eigenvalue weighted by atomic mass is 17.2. The molecule has 1 N–H and O–H groups in total. The summed E-state index contributed by atoms with van der Waals surface area (Å²) in [7, 11) is 0. The summed E-state index contributed by atoms with van der Waals surface area (Å²) < 4.78 is 0. The number of hydrogen-bond donors (Lipinski definition) is 1. The molecule has 4 nitrogen and oxygen atoms in total. The third kappa shape index (κ3) is 25.6. The second kappa shape index (κ2) is 17.8. The molecule has 0 aromatic heterocycles. The van der Waals surface area contributed by atoms with Crippen molar-refractivity contribution in [2.75, 3.05) is 13.2 Å². The lowest BCUT2D eigenvalue weighted by Gasteiger charge is -2.00. The van der Waals surface area contributed by atoms with E-state index < -0.39 is 5.97 Å². The summed E-state index contributed by atoms with van der Waals surface area (Å²) in [6, 6.07) is 0. The van der Waals surface area contributed by atoms with Gasteiger partial charge in [0.05, 0.1) is 13.2 Å². The first-order valence-electron chi connectivity index (χ1n) is 6.65. The Labute approximate surface area is 105 Å². The van der Waals surface area contributed by atoms with Gasteiger partial charge in [0, 0.05) is 6.42 Å². The van der Waals surface area contributed by atoms with Crippen molar-refractivity contribution in [3.63, 3.8) is 0 Å². The summed E-state index contributed by atoms with van der Waals surface area (Å²) in [6.45, 7) is 7.72. The van der Waals surface area contributed by atoms with Crippen molar-refractivity contribution in [1.82, 2.24) is 0 Å². The van der Waals surface area contributed by atoms with Gasteiger partial charge in [-0.3, -0.25) is 4.79 Å². The number of carboxylic acid groups (broad SMARTS) is 1. The standard InChI is InChI=1S/C8H18O2.C5H10O2/c1-3-5-7-9-10-8-6-4-2;1-2-3-4-5(6)7/h3-8H2,1-2H3;2-4H2,1H3,(H,6,7). The second-order valence-electron chi connectivity index (χ2n) is 3.85. The number of rotatable bonds is 10. The minimum atomic E-state index is -0.693. The average molecular weight is 248 g/mol. The first-order chi connectivity index (χ1) is 8.18. The molecule has 0 spiro atoms. The lowest BCUT2D eigenvalue weighted by molar-refractivity contribution is -0.295. The highest BCUT2D eigenvalue weighted by Gasteiger charge is 1.90. The maximum Gasteiger partial charge on any atom is 0.303 e. The van der Waals surface area contributed by atoms with E-state index in [2.05, 4.69) is 13.8 Å². The molecule has 0 aliphatic rings. The number of aliphatic carboxylic acids is 1. The van der Waals surface area contributed by atoms with Crippen LogP contribution in [0.3, 0.4) is 0 Å². The third-order valence-electron chi connectivity index (χ3n) is 1.99. The third-order valence-corrected chi connectivity index (χ3v) is 1.99. The first kappa shape index (κ1) is 18.7. The molecule has 0 aromatic carbocycles. The minimum Gasteiger partial charge on any atom is -0.481 e. The normalized spacial score (nSPS) is 9.59. The van der Waals surface area contributed by atoms with E-state index in [1.54, 1.807) is 0 Å². The van der Waals surface area contributed by atoms with Crippen molar-refractivity contribution in [2.45, 2.75) is 65.7 Å². The fraction of sp³-hybridized carbons (Fsp3) is 0.923. The predicted molar refractivity (Wildman–Crippen MR) is 68.9 cm³/mol. The van der Waals surface area contributed by atoms with E-state index in [1.807, 2.05) is 6.92 Å². The lowest BCUT2D eigenvalue weighted by Crippen LogP contribution is -1.97. The van der Waals surface area contributed by atoms with Gasteiger partial charge in [0.15, 0.2) is 0 Å². The molecular formula is C13H28O4. The van der Waals surface area contributed by atoms with Crippen molar-refractivity contribution in [3.8, 4) is 0 Å². The molecule has 0 unspecified atom stereocenters. The Morgan fingerprint density at radius 1 is 0.882 bits per heavy atom. The molecule has 0 radical (unpaired) electrons. The number of unbranched alkanes of at least 4 members (excludes halogenated alkanes) is 3. The van der Waals surface area contributed by atoms with Crippen LogP contribution in [0.5, 0.6) is 0 Å². The fourth-order valence-corrected chi connectivity index (χ4v) is 0.852. The van der Waals surface area contributed by atoms with Crippen LogP contribution < -0.4 is 0 Å². The van der Waals surface area contributed by atoms with Crippen LogP contribution in [0.1, 0.15) is 65.7 Å². The highest BCUT2D eigenvalue weighted by Crippen LogP contribution is 1.92. The summed E-state index contributed by atoms with van der Waals surface area (Å²) >= 11 is 0. The monoisotopic (exact) mass is 248 g/mol. The molecule has 17 heavy (non-hydrogen) atoms. The van der Waals surface area contributed by atoms with E-state index in [0.717, 1.165) is 51.7 Å². The van der Waals surface area contributed by atoms with E-state index in [-0.39, 0.29) is 0 Å². The van der Waals surface area contributed by atoms with Gasteiger partial charge < -0.3 is 5.11 Å². The van der Waals surface area contributed by atoms with Crippen LogP contribution in [0.25, 0.3) is 0 Å². The quantitative estimate of drug-likeness (QED) is 0.363. The van der Waals surface area contributed by atoms with Crippen LogP contribution in [0.4, 0.5) is 0 Å². The van der Waals surface area contributed by atoms with Crippen LogP contribution in [-0.4, -0.2) is 24.3 Å². The van der Waals surface area contributed by atoms with Crippen LogP contribution in [0.15, 0.2) is 0 Å². The number of carboxylic acids is 1. The fourth-order valence-electron chi connectivity index (χ4n) is 0.852. The molecule has 0 fully saturated rings. The Hall–Kier alpha value is -0.610. The van der Waals surface area contributed by atoms with E-state index >= 15 is 0 Å². The van der Waals surface area contributed by atoms with Crippen molar-refractivity contribution in [1.29, 1.82) is 0 Å². The zero-order valence-corrected chi connectivity index (χ0v) is 11.5. The summed E-state index contributed by atoms with van der Waals surface area (Å²) in [5.74, 6) is -0.693. The first-order valence-corrected chi connectivity index (χ1v) is 6.65. The summed E-state index contributed by atoms with van der Waals surface area (Å²) in [5.41, 5.74) is 0. The van der Waals surface area contributed by atoms with Gasteiger partial charge in [0.25, 0.3) is 0 Å². The van der Waals surface area contributed by atoms with Crippen molar-refractivity contribution in [3.05, 3.63) is 0 Å². The van der Waals surface area contributed by atoms with Gasteiger partial charge in [-0.2, -0.15) is 0 Å². The number of carbonyl (C=O) groups is 1. The second-order valence-corrected chi connectivity index (χ2v) is 3.85. The highest BCUT2D eigenvalue weighted by molar-refractivity contribution is 5.66. The zero-order valence-electron chi connectivity index (χ0n) is 11.5. The summed E-state index contributed by atoms with van der Waals surface area (Å²) in [4.78, 5) is 19.5. The molecule has 0 atom stereocenters. The molecule has 104 valence electrons. The Morgan fingerprint density at radius 3 is 1.53 bits per heavy atom. The topological polar surface area (TPSA) is 55.8 Å². The van der Waals surface area contributed by atoms with Crippen LogP contribution in [-0.2, 0) is 14.6 Å². The largest absolute Gasteiger partial charge is 0.481 e. The molecular weight excluding hydrogens is 220 g/mol. The Bertz CT molecular complexity index is 140. The molecule has 0 aliphatic heterocycles. The van der Waals surface area contributed by atoms with E-state index in [0.29, 0.717) is 6.42 Å². The van der Waals surface area contributed by atoms with Crippen molar-refractivity contribution >= 4 is 5.97 Å². The Kier molecular flexibility index (Phi) is 19.6. The van der Waals surface area contributed by atoms with Gasteiger partial charge in [-0.1, -0.05) is 40.0 Å². The van der Waals surface area contributed by atoms with Crippen molar-refractivity contribution < 1.29 is 19.7 Å². The van der Waals surface area contributed by atoms with Crippen molar-refractivity contribution in [2.24, 2.45) is 0 Å². The lowest BCUT2D eigenvalue weighted by atomic mass is 10.3. The smallest absolute Gasteiger partial charge is 0.303 e. The molecule has 0 amide bonds. The maximum absolute atomic E-state index is 9.76. The van der Waals surface area contributed by atoms with Gasteiger partial charge in [-0.25, -0.2) is 9.78 Å². The molecule has 0 aromatic rings. The zero-order chi connectivity index (χ0) is 13.4. The predicted octanol–water partition coefficient (Wildman–Crippen LogP) is 3.80. The molecule has 4 heteroatoms. The minimum absolute atomic E-state index is 0.316. The molecule has 0 heterocycles. The van der Waals surface area contributed by atoms with E-state index in [4.69, 9.17) is 14.9 Å². The van der Waals surface area contributed by atoms with Gasteiger partial charge in [-0.15, -0.1) is 0 Å². The molecule has 0 aliphatic carbocycles. The van der Waals surface area contributed by atoms with Gasteiger partial charge in [-0.05, 0) is 19.3 Å². The van der Waals surface area contributed by atoms with Gasteiger partial charge >= 0.3 is 5.97 Å². The SMILES string of the molecule is CCCCC(=O)O.CCCCOOCCCC. The average Bonchev–Trinajstić information content (AvgIpc) is 2.32. The van der Waals surface area contributed by atoms with E-state index in [9.17, 15) is 4.79 Å². The molecule has 0 saturated carbocycles. The summed E-state index contributed by atoms with van der Waals surface area (Å²) in [5, 5.41) is 8.04. The molecule has 0 bridgehead atoms. The van der Waals surface area contributed by atoms with Gasteiger partial charge in [0.2, 0.25) is 0 Å². The van der Waals surface area contributed by atoms with Gasteiger partial charge in [0.1, 0.15) is 0 Å². The Morgan fingerprint density at radius 2 is 1.29 bits per heavy atom. The number of hydrogen-bond acceptors (Lipinski definition) is 3. The summed E-state index contributed by atoms with van der Waals surface area (Å²) in [6.07, 6.45) is 6.59.